The second-order valence-corrected chi connectivity index (χ2v) is 6.78. The average molecular weight is 356 g/mol. The summed E-state index contributed by atoms with van der Waals surface area (Å²) in [5.41, 5.74) is 0.389. The summed E-state index contributed by atoms with van der Waals surface area (Å²) in [7, 11) is 1.57. The fourth-order valence-electron chi connectivity index (χ4n) is 3.14. The van der Waals surface area contributed by atoms with E-state index >= 15 is 0 Å². The van der Waals surface area contributed by atoms with Crippen LogP contribution < -0.4 is 10.1 Å². The molecule has 0 aromatic heterocycles. The molecule has 136 valence electrons. The molecule has 6 heteroatoms. The summed E-state index contributed by atoms with van der Waals surface area (Å²) in [5.74, 6) is -0.0314. The SMILES string of the molecule is COc1ccc(NC(=O)C(C)(C)N2C(=O)CC2c2ccc(F)cc2)cc1. The first-order chi connectivity index (χ1) is 12.3. The molecule has 0 aliphatic carbocycles. The fraction of sp³-hybridized carbons (Fsp3) is 0.300. The first kappa shape index (κ1) is 17.9. The van der Waals surface area contributed by atoms with Crippen LogP contribution in [0.5, 0.6) is 5.75 Å². The number of carbonyl (C=O) groups is 2. The van der Waals surface area contributed by atoms with Crippen molar-refractivity contribution in [2.75, 3.05) is 12.4 Å². The number of hydrogen-bond acceptors (Lipinski definition) is 3. The molecule has 0 radical (unpaired) electrons. The Labute approximate surface area is 151 Å². The predicted octanol–water partition coefficient (Wildman–Crippen LogP) is 3.53. The normalized spacial score (nSPS) is 16.8. The van der Waals surface area contributed by atoms with Crippen LogP contribution in [-0.2, 0) is 9.59 Å². The van der Waals surface area contributed by atoms with Crippen LogP contribution in [0.1, 0.15) is 31.9 Å². The lowest BCUT2D eigenvalue weighted by Gasteiger charge is -2.49. The molecule has 1 heterocycles. The number of nitrogens with zero attached hydrogens (tertiary/aromatic N) is 1. The molecular formula is C20H21FN2O3. The van der Waals surface area contributed by atoms with E-state index in [2.05, 4.69) is 5.32 Å². The lowest BCUT2D eigenvalue weighted by Crippen LogP contribution is -2.62. The lowest BCUT2D eigenvalue weighted by molar-refractivity contribution is -0.160. The van der Waals surface area contributed by atoms with Gasteiger partial charge in [-0.3, -0.25) is 9.59 Å². The highest BCUT2D eigenvalue weighted by Crippen LogP contribution is 2.40. The van der Waals surface area contributed by atoms with Crippen LogP contribution in [0.3, 0.4) is 0 Å². The number of hydrogen-bond donors (Lipinski definition) is 1. The first-order valence-corrected chi connectivity index (χ1v) is 8.36. The lowest BCUT2D eigenvalue weighted by atomic mass is 9.86. The van der Waals surface area contributed by atoms with Gasteiger partial charge < -0.3 is 15.0 Å². The maximum Gasteiger partial charge on any atom is 0.249 e. The van der Waals surface area contributed by atoms with E-state index in [-0.39, 0.29) is 23.7 Å². The van der Waals surface area contributed by atoms with Gasteiger partial charge in [-0.15, -0.1) is 0 Å². The van der Waals surface area contributed by atoms with Crippen LogP contribution in [-0.4, -0.2) is 29.4 Å². The number of nitrogens with one attached hydrogen (secondary N) is 1. The number of anilines is 1. The molecule has 1 aliphatic heterocycles. The molecule has 0 spiro atoms. The van der Waals surface area contributed by atoms with Crippen molar-refractivity contribution in [1.82, 2.24) is 4.90 Å². The van der Waals surface area contributed by atoms with Gasteiger partial charge in [-0.05, 0) is 55.8 Å². The third-order valence-electron chi connectivity index (χ3n) is 4.71. The average Bonchev–Trinajstić information content (AvgIpc) is 2.60. The van der Waals surface area contributed by atoms with E-state index in [0.717, 1.165) is 5.56 Å². The van der Waals surface area contributed by atoms with Crippen LogP contribution >= 0.6 is 0 Å². The molecule has 5 nitrogen and oxygen atoms in total. The van der Waals surface area contributed by atoms with E-state index in [1.165, 1.54) is 12.1 Å². The van der Waals surface area contributed by atoms with Gasteiger partial charge in [-0.2, -0.15) is 0 Å². The minimum Gasteiger partial charge on any atom is -0.497 e. The van der Waals surface area contributed by atoms with Gasteiger partial charge in [0.05, 0.1) is 19.6 Å². The van der Waals surface area contributed by atoms with Crippen molar-refractivity contribution in [2.24, 2.45) is 0 Å². The Kier molecular flexibility index (Phi) is 4.68. The molecular weight excluding hydrogens is 335 g/mol. The molecule has 1 fully saturated rings. The van der Waals surface area contributed by atoms with Crippen molar-refractivity contribution >= 4 is 17.5 Å². The Hall–Kier alpha value is -2.89. The molecule has 3 rings (SSSR count). The van der Waals surface area contributed by atoms with E-state index in [1.54, 1.807) is 62.3 Å². The summed E-state index contributed by atoms with van der Waals surface area (Å²) in [6.07, 6.45) is 0.310. The minimum absolute atomic E-state index is 0.103. The first-order valence-electron chi connectivity index (χ1n) is 8.36. The van der Waals surface area contributed by atoms with Crippen LogP contribution in [0.4, 0.5) is 10.1 Å². The van der Waals surface area contributed by atoms with Crippen LogP contribution in [0.2, 0.25) is 0 Å². The summed E-state index contributed by atoms with van der Waals surface area (Å²) in [6, 6.07) is 12.8. The summed E-state index contributed by atoms with van der Waals surface area (Å²) in [5, 5.41) is 2.84. The van der Waals surface area contributed by atoms with Gasteiger partial charge in [0, 0.05) is 5.69 Å². The number of ether oxygens (including phenoxy) is 1. The van der Waals surface area contributed by atoms with Crippen molar-refractivity contribution in [1.29, 1.82) is 0 Å². The Morgan fingerprint density at radius 1 is 1.15 bits per heavy atom. The molecule has 2 aromatic carbocycles. The van der Waals surface area contributed by atoms with E-state index < -0.39 is 5.54 Å². The fourth-order valence-corrected chi connectivity index (χ4v) is 3.14. The topological polar surface area (TPSA) is 58.6 Å². The van der Waals surface area contributed by atoms with Gasteiger partial charge in [0.2, 0.25) is 11.8 Å². The van der Waals surface area contributed by atoms with Crippen molar-refractivity contribution < 1.29 is 18.7 Å². The maximum atomic E-state index is 13.2. The van der Waals surface area contributed by atoms with Crippen LogP contribution in [0.15, 0.2) is 48.5 Å². The van der Waals surface area contributed by atoms with Crippen molar-refractivity contribution in [3.8, 4) is 5.75 Å². The van der Waals surface area contributed by atoms with Gasteiger partial charge in [-0.25, -0.2) is 4.39 Å². The van der Waals surface area contributed by atoms with Gasteiger partial charge >= 0.3 is 0 Å². The number of carbonyl (C=O) groups excluding carboxylic acids is 2. The maximum absolute atomic E-state index is 13.2. The van der Waals surface area contributed by atoms with Crippen LogP contribution in [0, 0.1) is 5.82 Å². The van der Waals surface area contributed by atoms with Gasteiger partial charge in [0.15, 0.2) is 0 Å². The van der Waals surface area contributed by atoms with E-state index in [1.807, 2.05) is 0 Å². The number of β-lactam (4-membered cyclic amide) rings is 1. The number of likely N-dealkylation sites (tertiary alicyclic amines) is 1. The van der Waals surface area contributed by atoms with Gasteiger partial charge in [-0.1, -0.05) is 12.1 Å². The number of benzene rings is 2. The monoisotopic (exact) mass is 356 g/mol. The zero-order valence-corrected chi connectivity index (χ0v) is 15.0. The molecule has 1 aliphatic rings. The number of methoxy groups -OCH3 is 1. The Morgan fingerprint density at radius 3 is 2.31 bits per heavy atom. The molecule has 1 unspecified atom stereocenters. The number of amides is 2. The third-order valence-corrected chi connectivity index (χ3v) is 4.71. The standard InChI is InChI=1S/C20H21FN2O3/c1-20(2,19(25)22-15-8-10-16(26-3)11-9-15)23-17(12-18(23)24)13-4-6-14(21)7-5-13/h4-11,17H,12H2,1-3H3,(H,22,25). The Bertz CT molecular complexity index is 816. The molecule has 2 aromatic rings. The third kappa shape index (κ3) is 3.27. The van der Waals surface area contributed by atoms with Crippen LogP contribution in [0.25, 0.3) is 0 Å². The summed E-state index contributed by atoms with van der Waals surface area (Å²) >= 11 is 0. The predicted molar refractivity (Wildman–Crippen MR) is 96.3 cm³/mol. The molecule has 0 bridgehead atoms. The van der Waals surface area contributed by atoms with E-state index in [9.17, 15) is 14.0 Å². The molecule has 26 heavy (non-hydrogen) atoms. The molecule has 1 saturated heterocycles. The highest BCUT2D eigenvalue weighted by Gasteiger charge is 2.49. The second-order valence-electron chi connectivity index (χ2n) is 6.78. The molecule has 2 amide bonds. The van der Waals surface area contributed by atoms with E-state index in [0.29, 0.717) is 17.9 Å². The zero-order valence-electron chi connectivity index (χ0n) is 15.0. The van der Waals surface area contributed by atoms with Gasteiger partial charge in [0.1, 0.15) is 17.1 Å². The van der Waals surface area contributed by atoms with Crippen molar-refractivity contribution in [2.45, 2.75) is 31.8 Å². The van der Waals surface area contributed by atoms with Gasteiger partial charge in [0.25, 0.3) is 0 Å². The summed E-state index contributed by atoms with van der Waals surface area (Å²) in [4.78, 5) is 26.6. The smallest absolute Gasteiger partial charge is 0.249 e. The number of halogens is 1. The highest BCUT2D eigenvalue weighted by molar-refractivity contribution is 6.01. The minimum atomic E-state index is -1.05. The van der Waals surface area contributed by atoms with E-state index in [4.69, 9.17) is 4.74 Å². The number of rotatable bonds is 5. The second kappa shape index (κ2) is 6.78. The van der Waals surface area contributed by atoms with Crippen molar-refractivity contribution in [3.63, 3.8) is 0 Å². The molecule has 0 saturated carbocycles. The quantitative estimate of drug-likeness (QED) is 0.834. The Morgan fingerprint density at radius 2 is 1.77 bits per heavy atom. The summed E-state index contributed by atoms with van der Waals surface area (Å²) in [6.45, 7) is 3.42. The van der Waals surface area contributed by atoms with Crippen molar-refractivity contribution in [3.05, 3.63) is 59.9 Å². The molecule has 1 atom stereocenters. The zero-order chi connectivity index (χ0) is 18.9. The Balaban J connectivity index is 1.77. The summed E-state index contributed by atoms with van der Waals surface area (Å²) < 4.78 is 18.3. The largest absolute Gasteiger partial charge is 0.497 e. The highest BCUT2D eigenvalue weighted by atomic mass is 19.1. The molecule has 1 N–H and O–H groups in total.